The summed E-state index contributed by atoms with van der Waals surface area (Å²) in [6, 6.07) is 8.33. The van der Waals surface area contributed by atoms with Crippen LogP contribution in [-0.4, -0.2) is 30.1 Å². The van der Waals surface area contributed by atoms with Gasteiger partial charge in [-0.2, -0.15) is 5.10 Å². The zero-order valence-electron chi connectivity index (χ0n) is 17.2. The van der Waals surface area contributed by atoms with Crippen LogP contribution < -0.4 is 10.0 Å². The number of nitrogens with one attached hydrogen (secondary N) is 2. The number of hydrogen-bond acceptors (Lipinski definition) is 4. The molecule has 0 aliphatic carbocycles. The predicted octanol–water partition coefficient (Wildman–Crippen LogP) is 3.46. The average Bonchev–Trinajstić information content (AvgIpc) is 3.03. The molecular weight excluding hydrogens is 426 g/mol. The molecule has 31 heavy (non-hydrogen) atoms. The van der Waals surface area contributed by atoms with Crippen LogP contribution in [0, 0.1) is 18.6 Å². The van der Waals surface area contributed by atoms with Crippen molar-refractivity contribution < 1.29 is 22.0 Å². The van der Waals surface area contributed by atoms with Gasteiger partial charge in [0, 0.05) is 22.7 Å². The minimum atomic E-state index is -3.67. The van der Waals surface area contributed by atoms with Gasteiger partial charge in [0.25, 0.3) is 5.91 Å². The topological polar surface area (TPSA) is 93.1 Å². The van der Waals surface area contributed by atoms with Crippen molar-refractivity contribution in [2.75, 3.05) is 5.32 Å². The minimum Gasteiger partial charge on any atom is -0.307 e. The number of nitrogens with zero attached hydrogens (tertiary/aromatic N) is 2. The highest BCUT2D eigenvalue weighted by Gasteiger charge is 2.18. The molecule has 0 radical (unpaired) electrons. The van der Waals surface area contributed by atoms with Crippen molar-refractivity contribution in [3.05, 3.63) is 77.0 Å². The second kappa shape index (κ2) is 8.94. The van der Waals surface area contributed by atoms with Crippen molar-refractivity contribution in [3.8, 4) is 0 Å². The van der Waals surface area contributed by atoms with Crippen LogP contribution in [0.5, 0.6) is 0 Å². The zero-order valence-corrected chi connectivity index (χ0v) is 18.0. The van der Waals surface area contributed by atoms with Crippen molar-refractivity contribution >= 4 is 21.7 Å². The maximum Gasteiger partial charge on any atom is 0.256 e. The average molecular weight is 448 g/mol. The van der Waals surface area contributed by atoms with Gasteiger partial charge in [0.1, 0.15) is 17.5 Å². The number of sulfonamides is 1. The van der Waals surface area contributed by atoms with Crippen molar-refractivity contribution in [2.45, 2.75) is 38.3 Å². The molecule has 0 fully saturated rings. The van der Waals surface area contributed by atoms with E-state index in [9.17, 15) is 22.0 Å². The van der Waals surface area contributed by atoms with Crippen molar-refractivity contribution in [3.63, 3.8) is 0 Å². The SMILES string of the molecule is Cc1cnn(Cc2cc(F)ccc2F)c1NC(=O)c1ccc(S(=O)(=O)NC(C)C)cc1. The zero-order chi connectivity index (χ0) is 22.8. The summed E-state index contributed by atoms with van der Waals surface area (Å²) in [5.41, 5.74) is 0.948. The molecule has 0 saturated heterocycles. The van der Waals surface area contributed by atoms with E-state index < -0.39 is 27.6 Å². The Balaban J connectivity index is 1.80. The van der Waals surface area contributed by atoms with Gasteiger partial charge in [-0.1, -0.05) is 0 Å². The molecule has 0 atom stereocenters. The molecule has 3 aromatic rings. The molecule has 2 aromatic carbocycles. The van der Waals surface area contributed by atoms with E-state index in [2.05, 4.69) is 15.1 Å². The number of amides is 1. The maximum atomic E-state index is 14.0. The van der Waals surface area contributed by atoms with Gasteiger partial charge in [-0.3, -0.25) is 4.79 Å². The van der Waals surface area contributed by atoms with Crippen LogP contribution in [0.2, 0.25) is 0 Å². The number of hydrogen-bond donors (Lipinski definition) is 2. The summed E-state index contributed by atoms with van der Waals surface area (Å²) in [6.45, 7) is 5.06. The third-order valence-electron chi connectivity index (χ3n) is 4.40. The van der Waals surface area contributed by atoms with E-state index in [1.165, 1.54) is 35.1 Å². The molecule has 2 N–H and O–H groups in total. The second-order valence-electron chi connectivity index (χ2n) is 7.32. The molecule has 3 rings (SSSR count). The fraction of sp³-hybridized carbons (Fsp3) is 0.238. The van der Waals surface area contributed by atoms with E-state index >= 15 is 0 Å². The molecule has 0 aliphatic heterocycles. The molecule has 1 heterocycles. The highest BCUT2D eigenvalue weighted by atomic mass is 32.2. The Morgan fingerprint density at radius 3 is 2.45 bits per heavy atom. The highest BCUT2D eigenvalue weighted by molar-refractivity contribution is 7.89. The number of benzene rings is 2. The molecule has 0 bridgehead atoms. The van der Waals surface area contributed by atoms with E-state index in [-0.39, 0.29) is 28.6 Å². The Hall–Kier alpha value is -3.11. The fourth-order valence-corrected chi connectivity index (χ4v) is 4.18. The summed E-state index contributed by atoms with van der Waals surface area (Å²) in [5, 5.41) is 6.83. The number of carbonyl (C=O) groups is 1. The number of aryl methyl sites for hydroxylation is 1. The van der Waals surface area contributed by atoms with Crippen molar-refractivity contribution in [1.82, 2.24) is 14.5 Å². The van der Waals surface area contributed by atoms with Crippen LogP contribution in [0.1, 0.15) is 35.3 Å². The first-order valence-electron chi connectivity index (χ1n) is 9.47. The maximum absolute atomic E-state index is 14.0. The van der Waals surface area contributed by atoms with Crippen LogP contribution in [0.15, 0.2) is 53.6 Å². The fourth-order valence-electron chi connectivity index (χ4n) is 2.93. The van der Waals surface area contributed by atoms with E-state index in [4.69, 9.17) is 0 Å². The van der Waals surface area contributed by atoms with Crippen LogP contribution in [0.25, 0.3) is 0 Å². The van der Waals surface area contributed by atoms with E-state index in [0.29, 0.717) is 11.4 Å². The van der Waals surface area contributed by atoms with Gasteiger partial charge in [0.05, 0.1) is 17.6 Å². The van der Waals surface area contributed by atoms with Gasteiger partial charge in [0.2, 0.25) is 10.0 Å². The number of anilines is 1. The standard InChI is InChI=1S/C21H22F2N4O3S/c1-13(2)26-31(29,30)18-7-4-15(5-8-18)21(28)25-20-14(3)11-24-27(20)12-16-10-17(22)6-9-19(16)23/h4-11,13,26H,12H2,1-3H3,(H,25,28). The Morgan fingerprint density at radius 1 is 1.13 bits per heavy atom. The molecule has 10 heteroatoms. The summed E-state index contributed by atoms with van der Waals surface area (Å²) >= 11 is 0. The van der Waals surface area contributed by atoms with Gasteiger partial charge in [-0.15, -0.1) is 0 Å². The largest absolute Gasteiger partial charge is 0.307 e. The molecule has 0 unspecified atom stereocenters. The first kappa shape index (κ1) is 22.6. The first-order valence-corrected chi connectivity index (χ1v) is 10.9. The smallest absolute Gasteiger partial charge is 0.256 e. The van der Waals surface area contributed by atoms with Gasteiger partial charge in [-0.25, -0.2) is 26.6 Å². The lowest BCUT2D eigenvalue weighted by molar-refractivity contribution is 0.102. The molecule has 1 aromatic heterocycles. The van der Waals surface area contributed by atoms with Gasteiger partial charge >= 0.3 is 0 Å². The first-order chi connectivity index (χ1) is 14.6. The van der Waals surface area contributed by atoms with Crippen molar-refractivity contribution in [1.29, 1.82) is 0 Å². The summed E-state index contributed by atoms with van der Waals surface area (Å²) in [6.07, 6.45) is 1.50. The Labute approximate surface area is 179 Å². The highest BCUT2D eigenvalue weighted by Crippen LogP contribution is 2.20. The molecule has 0 spiro atoms. The van der Waals surface area contributed by atoms with Crippen LogP contribution in [0.4, 0.5) is 14.6 Å². The second-order valence-corrected chi connectivity index (χ2v) is 9.04. The molecule has 164 valence electrons. The normalized spacial score (nSPS) is 11.7. The molecular formula is C21H22F2N4O3S. The van der Waals surface area contributed by atoms with Gasteiger partial charge < -0.3 is 5.32 Å². The summed E-state index contributed by atoms with van der Waals surface area (Å²) in [5.74, 6) is -1.33. The van der Waals surface area contributed by atoms with E-state index in [0.717, 1.165) is 18.2 Å². The summed E-state index contributed by atoms with van der Waals surface area (Å²) < 4.78 is 55.7. The molecule has 1 amide bonds. The van der Waals surface area contributed by atoms with E-state index in [1.807, 2.05) is 0 Å². The van der Waals surface area contributed by atoms with Crippen molar-refractivity contribution in [2.24, 2.45) is 0 Å². The Bertz CT molecular complexity index is 1210. The lowest BCUT2D eigenvalue weighted by Gasteiger charge is -2.12. The van der Waals surface area contributed by atoms with Gasteiger partial charge in [-0.05, 0) is 63.2 Å². The lowest BCUT2D eigenvalue weighted by atomic mass is 10.2. The third kappa shape index (κ3) is 5.33. The monoisotopic (exact) mass is 448 g/mol. The summed E-state index contributed by atoms with van der Waals surface area (Å²) in [4.78, 5) is 12.7. The van der Waals surface area contributed by atoms with Crippen LogP contribution in [-0.2, 0) is 16.6 Å². The van der Waals surface area contributed by atoms with E-state index in [1.54, 1.807) is 20.8 Å². The minimum absolute atomic E-state index is 0.0422. The Morgan fingerprint density at radius 2 is 1.81 bits per heavy atom. The van der Waals surface area contributed by atoms with Gasteiger partial charge in [0.15, 0.2) is 0 Å². The van der Waals surface area contributed by atoms with Crippen LogP contribution >= 0.6 is 0 Å². The Kier molecular flexibility index (Phi) is 6.51. The quantitative estimate of drug-likeness (QED) is 0.579. The number of rotatable bonds is 7. The number of aromatic nitrogens is 2. The summed E-state index contributed by atoms with van der Waals surface area (Å²) in [7, 11) is -3.67. The lowest BCUT2D eigenvalue weighted by Crippen LogP contribution is -2.30. The number of carbonyl (C=O) groups excluding carboxylic acids is 1. The molecule has 7 nitrogen and oxygen atoms in total. The number of halogens is 2. The molecule has 0 aliphatic rings. The predicted molar refractivity (Wildman–Crippen MR) is 112 cm³/mol. The molecule has 0 saturated carbocycles. The third-order valence-corrected chi connectivity index (χ3v) is 6.07. The van der Waals surface area contributed by atoms with Crippen LogP contribution in [0.3, 0.4) is 0 Å².